The van der Waals surface area contributed by atoms with Gasteiger partial charge in [-0.2, -0.15) is 0 Å². The Hall–Kier alpha value is -0.940. The van der Waals surface area contributed by atoms with Crippen LogP contribution in [-0.4, -0.2) is 38.1 Å². The van der Waals surface area contributed by atoms with E-state index in [1.54, 1.807) is 7.11 Å². The zero-order chi connectivity index (χ0) is 13.2. The van der Waals surface area contributed by atoms with Gasteiger partial charge < -0.3 is 19.9 Å². The summed E-state index contributed by atoms with van der Waals surface area (Å²) in [6.45, 7) is 4.94. The molecule has 0 aliphatic rings. The van der Waals surface area contributed by atoms with E-state index in [1.807, 2.05) is 19.1 Å². The van der Waals surface area contributed by atoms with Gasteiger partial charge in [0, 0.05) is 26.8 Å². The summed E-state index contributed by atoms with van der Waals surface area (Å²) >= 11 is 0. The maximum Gasteiger partial charge on any atom is 0.0897 e. The molecule has 0 spiro atoms. The number of benzene rings is 1. The molecule has 1 aromatic carbocycles. The molecule has 0 fully saturated rings. The molecule has 18 heavy (non-hydrogen) atoms. The first kappa shape index (κ1) is 15.1. The minimum Gasteiger partial charge on any atom is -0.389 e. The van der Waals surface area contributed by atoms with Crippen molar-refractivity contribution in [2.75, 3.05) is 26.9 Å². The van der Waals surface area contributed by atoms with E-state index in [0.29, 0.717) is 26.4 Å². The molecule has 0 amide bonds. The first-order valence-corrected chi connectivity index (χ1v) is 6.30. The topological polar surface area (TPSA) is 50.7 Å². The van der Waals surface area contributed by atoms with Crippen molar-refractivity contribution in [2.45, 2.75) is 26.2 Å². The van der Waals surface area contributed by atoms with Gasteiger partial charge in [0.2, 0.25) is 0 Å². The number of hydrogen-bond acceptors (Lipinski definition) is 4. The van der Waals surface area contributed by atoms with Crippen LogP contribution in [0, 0.1) is 0 Å². The zero-order valence-electron chi connectivity index (χ0n) is 11.2. The van der Waals surface area contributed by atoms with Crippen molar-refractivity contribution < 1.29 is 14.6 Å². The molecule has 0 bridgehead atoms. The fraction of sp³-hybridized carbons (Fsp3) is 0.571. The van der Waals surface area contributed by atoms with Gasteiger partial charge in [-0.1, -0.05) is 24.3 Å². The lowest BCUT2D eigenvalue weighted by molar-refractivity contribution is 0.0643. The third-order valence-electron chi connectivity index (χ3n) is 2.63. The van der Waals surface area contributed by atoms with Gasteiger partial charge in [-0.25, -0.2) is 0 Å². The molecule has 4 nitrogen and oxygen atoms in total. The molecule has 4 heteroatoms. The minimum absolute atomic E-state index is 0.355. The molecule has 0 radical (unpaired) electrons. The summed E-state index contributed by atoms with van der Waals surface area (Å²) in [4.78, 5) is 0. The molecular weight excluding hydrogens is 230 g/mol. The average molecular weight is 253 g/mol. The molecule has 0 heterocycles. The van der Waals surface area contributed by atoms with Gasteiger partial charge >= 0.3 is 0 Å². The van der Waals surface area contributed by atoms with E-state index in [-0.39, 0.29) is 0 Å². The minimum atomic E-state index is -0.464. The maximum atomic E-state index is 9.53. The van der Waals surface area contributed by atoms with Crippen LogP contribution in [0.4, 0.5) is 0 Å². The van der Waals surface area contributed by atoms with E-state index in [1.165, 1.54) is 11.1 Å². The number of hydrogen-bond donors (Lipinski definition) is 2. The quantitative estimate of drug-likeness (QED) is 0.697. The van der Waals surface area contributed by atoms with Crippen LogP contribution >= 0.6 is 0 Å². The van der Waals surface area contributed by atoms with E-state index in [9.17, 15) is 5.11 Å². The normalized spacial score (nSPS) is 12.6. The van der Waals surface area contributed by atoms with Crippen molar-refractivity contribution in [3.63, 3.8) is 0 Å². The smallest absolute Gasteiger partial charge is 0.0897 e. The van der Waals surface area contributed by atoms with E-state index >= 15 is 0 Å². The summed E-state index contributed by atoms with van der Waals surface area (Å²) in [5, 5.41) is 12.7. The predicted octanol–water partition coefficient (Wildman–Crippen LogP) is 1.32. The number of nitrogens with one attached hydrogen (secondary N) is 1. The largest absolute Gasteiger partial charge is 0.389 e. The van der Waals surface area contributed by atoms with Crippen LogP contribution in [0.25, 0.3) is 0 Å². The van der Waals surface area contributed by atoms with Gasteiger partial charge in [0.05, 0.1) is 19.3 Å². The third-order valence-corrected chi connectivity index (χ3v) is 2.63. The summed E-state index contributed by atoms with van der Waals surface area (Å²) in [5.74, 6) is 0. The number of rotatable bonds is 9. The number of methoxy groups -OCH3 is 1. The predicted molar refractivity (Wildman–Crippen MR) is 71.4 cm³/mol. The SMILES string of the molecule is CCOCc1ccccc1CNCC(O)COC. The Morgan fingerprint density at radius 3 is 2.67 bits per heavy atom. The van der Waals surface area contributed by atoms with Gasteiger partial charge in [-0.3, -0.25) is 0 Å². The summed E-state index contributed by atoms with van der Waals surface area (Å²) in [6.07, 6.45) is -0.464. The molecule has 0 saturated carbocycles. The summed E-state index contributed by atoms with van der Waals surface area (Å²) in [6, 6.07) is 8.16. The highest BCUT2D eigenvalue weighted by atomic mass is 16.5. The summed E-state index contributed by atoms with van der Waals surface area (Å²) < 4.78 is 10.3. The van der Waals surface area contributed by atoms with Gasteiger partial charge in [0.1, 0.15) is 0 Å². The van der Waals surface area contributed by atoms with E-state index in [2.05, 4.69) is 17.4 Å². The number of aliphatic hydroxyl groups excluding tert-OH is 1. The van der Waals surface area contributed by atoms with Crippen molar-refractivity contribution >= 4 is 0 Å². The van der Waals surface area contributed by atoms with Crippen LogP contribution in [0.5, 0.6) is 0 Å². The Morgan fingerprint density at radius 1 is 1.28 bits per heavy atom. The van der Waals surface area contributed by atoms with Crippen molar-refractivity contribution in [2.24, 2.45) is 0 Å². The molecule has 1 unspecified atom stereocenters. The zero-order valence-corrected chi connectivity index (χ0v) is 11.2. The molecule has 1 aromatic rings. The van der Waals surface area contributed by atoms with Crippen LogP contribution in [-0.2, 0) is 22.6 Å². The Labute approximate surface area is 109 Å². The second kappa shape index (κ2) is 9.05. The lowest BCUT2D eigenvalue weighted by Crippen LogP contribution is -2.29. The highest BCUT2D eigenvalue weighted by Gasteiger charge is 2.04. The fourth-order valence-corrected chi connectivity index (χ4v) is 1.71. The standard InChI is InChI=1S/C14H23NO3/c1-3-18-10-13-7-5-4-6-12(13)8-15-9-14(16)11-17-2/h4-7,14-16H,3,8-11H2,1-2H3. The van der Waals surface area contributed by atoms with Crippen LogP contribution in [0.1, 0.15) is 18.1 Å². The van der Waals surface area contributed by atoms with Crippen LogP contribution in [0.3, 0.4) is 0 Å². The molecule has 0 saturated heterocycles. The second-order valence-corrected chi connectivity index (χ2v) is 4.15. The molecule has 1 rings (SSSR count). The van der Waals surface area contributed by atoms with Crippen molar-refractivity contribution in [3.05, 3.63) is 35.4 Å². The molecule has 0 aliphatic carbocycles. The Balaban J connectivity index is 2.40. The Bertz CT molecular complexity index is 331. The summed E-state index contributed by atoms with van der Waals surface area (Å²) in [5.41, 5.74) is 2.39. The highest BCUT2D eigenvalue weighted by molar-refractivity contribution is 5.26. The Kier molecular flexibility index (Phi) is 7.60. The molecule has 0 aliphatic heterocycles. The monoisotopic (exact) mass is 253 g/mol. The van der Waals surface area contributed by atoms with Crippen LogP contribution in [0.2, 0.25) is 0 Å². The molecule has 2 N–H and O–H groups in total. The summed E-state index contributed by atoms with van der Waals surface area (Å²) in [7, 11) is 1.58. The van der Waals surface area contributed by atoms with E-state index < -0.39 is 6.10 Å². The third kappa shape index (κ3) is 5.60. The molecular formula is C14H23NO3. The average Bonchev–Trinajstić information content (AvgIpc) is 2.38. The maximum absolute atomic E-state index is 9.53. The molecule has 102 valence electrons. The van der Waals surface area contributed by atoms with Crippen molar-refractivity contribution in [1.82, 2.24) is 5.32 Å². The van der Waals surface area contributed by atoms with Crippen LogP contribution in [0.15, 0.2) is 24.3 Å². The highest BCUT2D eigenvalue weighted by Crippen LogP contribution is 2.09. The molecule has 0 aromatic heterocycles. The van der Waals surface area contributed by atoms with Crippen molar-refractivity contribution in [3.8, 4) is 0 Å². The van der Waals surface area contributed by atoms with Gasteiger partial charge in [0.25, 0.3) is 0 Å². The van der Waals surface area contributed by atoms with Crippen LogP contribution < -0.4 is 5.32 Å². The Morgan fingerprint density at radius 2 is 2.00 bits per heavy atom. The van der Waals surface area contributed by atoms with Gasteiger partial charge in [-0.05, 0) is 18.1 Å². The fourth-order valence-electron chi connectivity index (χ4n) is 1.71. The number of ether oxygens (including phenoxy) is 2. The number of aliphatic hydroxyl groups is 1. The van der Waals surface area contributed by atoms with Crippen molar-refractivity contribution in [1.29, 1.82) is 0 Å². The first-order valence-electron chi connectivity index (χ1n) is 6.30. The van der Waals surface area contributed by atoms with Gasteiger partial charge in [0.15, 0.2) is 0 Å². The van der Waals surface area contributed by atoms with Gasteiger partial charge in [-0.15, -0.1) is 0 Å². The second-order valence-electron chi connectivity index (χ2n) is 4.15. The first-order chi connectivity index (χ1) is 8.77. The lowest BCUT2D eigenvalue weighted by atomic mass is 10.1. The van der Waals surface area contributed by atoms with E-state index in [0.717, 1.165) is 6.54 Å². The van der Waals surface area contributed by atoms with E-state index in [4.69, 9.17) is 9.47 Å². The lowest BCUT2D eigenvalue weighted by Gasteiger charge is -2.13. The molecule has 1 atom stereocenters.